The predicted molar refractivity (Wildman–Crippen MR) is 69.3 cm³/mol. The normalized spacial score (nSPS) is 15.1. The minimum absolute atomic E-state index is 0.00524. The lowest BCUT2D eigenvalue weighted by Crippen LogP contribution is -2.26. The zero-order chi connectivity index (χ0) is 12.4. The Balaban J connectivity index is 2.31. The Morgan fingerprint density at radius 3 is 2.82 bits per heavy atom. The molecule has 0 atom stereocenters. The first kappa shape index (κ1) is 11.9. The molecule has 0 aromatic carbocycles. The zero-order valence-electron chi connectivity index (χ0n) is 9.75. The Hall–Kier alpha value is -1.54. The van der Waals surface area contributed by atoms with Crippen LogP contribution in [0, 0.1) is 11.3 Å². The van der Waals surface area contributed by atoms with Gasteiger partial charge in [-0.05, 0) is 19.3 Å². The molecule has 0 aliphatic heterocycles. The second-order valence-corrected chi connectivity index (χ2v) is 5.23. The predicted octanol–water partition coefficient (Wildman–Crippen LogP) is 2.76. The Labute approximate surface area is 104 Å². The van der Waals surface area contributed by atoms with Crippen LogP contribution in [-0.4, -0.2) is 11.8 Å². The van der Waals surface area contributed by atoms with Gasteiger partial charge in [-0.3, -0.25) is 4.79 Å². The molecule has 1 aliphatic rings. The van der Waals surface area contributed by atoms with Crippen molar-refractivity contribution in [2.75, 3.05) is 11.1 Å². The molecule has 3 N–H and O–H groups in total. The molecule has 90 valence electrons. The van der Waals surface area contributed by atoms with E-state index in [9.17, 15) is 4.79 Å². The van der Waals surface area contributed by atoms with Gasteiger partial charge in [-0.2, -0.15) is 5.26 Å². The van der Waals surface area contributed by atoms with E-state index in [0.29, 0.717) is 28.6 Å². The second kappa shape index (κ2) is 4.76. The number of nitrogens with two attached hydrogens (primary N) is 1. The molecule has 1 saturated carbocycles. The van der Waals surface area contributed by atoms with Crippen LogP contribution in [0.15, 0.2) is 0 Å². The Bertz CT molecular complexity index is 483. The van der Waals surface area contributed by atoms with Crippen molar-refractivity contribution in [2.45, 2.75) is 38.6 Å². The van der Waals surface area contributed by atoms with Crippen LogP contribution in [0.1, 0.15) is 47.8 Å². The fraction of sp³-hybridized carbons (Fsp3) is 0.500. The molecule has 17 heavy (non-hydrogen) atoms. The summed E-state index contributed by atoms with van der Waals surface area (Å²) in [5.41, 5.74) is 6.62. The first-order valence-electron chi connectivity index (χ1n) is 5.79. The van der Waals surface area contributed by atoms with Crippen molar-refractivity contribution in [3.8, 4) is 6.07 Å². The summed E-state index contributed by atoms with van der Waals surface area (Å²) in [6.07, 6.45) is 3.89. The molecule has 1 aromatic heterocycles. The quantitative estimate of drug-likeness (QED) is 0.804. The average molecular weight is 249 g/mol. The number of anilines is 2. The maximum Gasteiger partial charge on any atom is 0.174 e. The lowest BCUT2D eigenvalue weighted by molar-refractivity contribution is 0.0993. The van der Waals surface area contributed by atoms with E-state index in [0.717, 1.165) is 17.8 Å². The summed E-state index contributed by atoms with van der Waals surface area (Å²) >= 11 is 1.31. The highest BCUT2D eigenvalue weighted by atomic mass is 32.1. The van der Waals surface area contributed by atoms with Gasteiger partial charge in [-0.25, -0.2) is 0 Å². The third-order valence-corrected chi connectivity index (χ3v) is 4.25. The number of carbonyl (C=O) groups is 1. The summed E-state index contributed by atoms with van der Waals surface area (Å²) in [4.78, 5) is 12.2. The van der Waals surface area contributed by atoms with E-state index < -0.39 is 0 Å². The number of hydrogen-bond acceptors (Lipinski definition) is 5. The summed E-state index contributed by atoms with van der Waals surface area (Å²) in [5.74, 6) is 0.00524. The Morgan fingerprint density at radius 2 is 2.35 bits per heavy atom. The summed E-state index contributed by atoms with van der Waals surface area (Å²) in [7, 11) is 0. The second-order valence-electron chi connectivity index (χ2n) is 4.21. The van der Waals surface area contributed by atoms with Crippen molar-refractivity contribution in [1.29, 1.82) is 5.26 Å². The van der Waals surface area contributed by atoms with Gasteiger partial charge in [0.15, 0.2) is 5.78 Å². The highest BCUT2D eigenvalue weighted by Gasteiger charge is 2.24. The molecule has 0 spiro atoms. The largest absolute Gasteiger partial charge is 0.396 e. The van der Waals surface area contributed by atoms with Gasteiger partial charge in [0, 0.05) is 12.5 Å². The van der Waals surface area contributed by atoms with Crippen LogP contribution in [-0.2, 0) is 0 Å². The number of Topliss-reactive ketones (excluding diaryl/α,β-unsaturated/α-hetero) is 1. The Morgan fingerprint density at radius 1 is 1.65 bits per heavy atom. The van der Waals surface area contributed by atoms with Crippen molar-refractivity contribution in [2.24, 2.45) is 0 Å². The van der Waals surface area contributed by atoms with Crippen LogP contribution in [0.5, 0.6) is 0 Å². The topological polar surface area (TPSA) is 78.9 Å². The van der Waals surface area contributed by atoms with E-state index in [1.54, 1.807) is 6.92 Å². The number of thiophene rings is 1. The molecule has 1 aromatic rings. The summed E-state index contributed by atoms with van der Waals surface area (Å²) < 4.78 is 0. The van der Waals surface area contributed by atoms with Crippen molar-refractivity contribution < 1.29 is 4.79 Å². The lowest BCUT2D eigenvalue weighted by atomic mass is 9.93. The van der Waals surface area contributed by atoms with E-state index in [-0.39, 0.29) is 5.78 Å². The van der Waals surface area contributed by atoms with Gasteiger partial charge in [0.25, 0.3) is 0 Å². The maximum atomic E-state index is 11.7. The van der Waals surface area contributed by atoms with Gasteiger partial charge in [0.1, 0.15) is 16.6 Å². The highest BCUT2D eigenvalue weighted by molar-refractivity contribution is 7.19. The number of ketones is 1. The van der Waals surface area contributed by atoms with Crippen LogP contribution in [0.3, 0.4) is 0 Å². The summed E-state index contributed by atoms with van der Waals surface area (Å²) in [5, 5.41) is 13.2. The molecule has 0 radical (unpaired) electrons. The van der Waals surface area contributed by atoms with E-state index in [1.165, 1.54) is 17.8 Å². The van der Waals surface area contributed by atoms with Crippen LogP contribution >= 0.6 is 11.3 Å². The van der Waals surface area contributed by atoms with E-state index in [1.807, 2.05) is 0 Å². The van der Waals surface area contributed by atoms with Crippen molar-refractivity contribution in [3.05, 3.63) is 10.4 Å². The standard InChI is InChI=1S/C12H15N3OS/c1-2-9(16)11-10(14)8(6-13)12(17-11)15-7-4-3-5-7/h7,15H,2-5,14H2,1H3. The molecule has 0 bridgehead atoms. The molecule has 0 unspecified atom stereocenters. The third kappa shape index (κ3) is 2.13. The highest BCUT2D eigenvalue weighted by Crippen LogP contribution is 2.37. The van der Waals surface area contributed by atoms with Crippen molar-refractivity contribution in [3.63, 3.8) is 0 Å². The lowest BCUT2D eigenvalue weighted by Gasteiger charge is -2.26. The van der Waals surface area contributed by atoms with Gasteiger partial charge >= 0.3 is 0 Å². The molecule has 4 nitrogen and oxygen atoms in total. The minimum Gasteiger partial charge on any atom is -0.396 e. The molecule has 1 aliphatic carbocycles. The molecule has 5 heteroatoms. The molecule has 0 amide bonds. The van der Waals surface area contributed by atoms with Crippen LogP contribution in [0.2, 0.25) is 0 Å². The molecule has 0 saturated heterocycles. The van der Waals surface area contributed by atoms with E-state index >= 15 is 0 Å². The van der Waals surface area contributed by atoms with Gasteiger partial charge in [0.05, 0.1) is 10.6 Å². The summed E-state index contributed by atoms with van der Waals surface area (Å²) in [6.45, 7) is 1.80. The number of nitrogen functional groups attached to an aromatic ring is 1. The number of rotatable bonds is 4. The van der Waals surface area contributed by atoms with Crippen LogP contribution in [0.25, 0.3) is 0 Å². The number of hydrogen-bond donors (Lipinski definition) is 2. The maximum absolute atomic E-state index is 11.7. The average Bonchev–Trinajstić information content (AvgIpc) is 2.59. The van der Waals surface area contributed by atoms with E-state index in [2.05, 4.69) is 11.4 Å². The van der Waals surface area contributed by atoms with Gasteiger partial charge in [-0.15, -0.1) is 11.3 Å². The molecule has 2 rings (SSSR count). The number of nitrogens with zero attached hydrogens (tertiary/aromatic N) is 1. The monoisotopic (exact) mass is 249 g/mol. The van der Waals surface area contributed by atoms with E-state index in [4.69, 9.17) is 11.0 Å². The SMILES string of the molecule is CCC(=O)c1sc(NC2CCC2)c(C#N)c1N. The molecular weight excluding hydrogens is 234 g/mol. The van der Waals surface area contributed by atoms with Gasteiger partial charge < -0.3 is 11.1 Å². The van der Waals surface area contributed by atoms with Crippen LogP contribution in [0.4, 0.5) is 10.7 Å². The number of nitrogens with one attached hydrogen (secondary N) is 1. The third-order valence-electron chi connectivity index (χ3n) is 3.07. The number of nitriles is 1. The fourth-order valence-electron chi connectivity index (χ4n) is 1.76. The minimum atomic E-state index is 0.00524. The van der Waals surface area contributed by atoms with Crippen LogP contribution < -0.4 is 11.1 Å². The number of carbonyl (C=O) groups excluding carboxylic acids is 1. The molecule has 1 heterocycles. The first-order chi connectivity index (χ1) is 8.17. The molecular formula is C12H15N3OS. The zero-order valence-corrected chi connectivity index (χ0v) is 10.6. The van der Waals surface area contributed by atoms with Gasteiger partial charge in [-0.1, -0.05) is 6.92 Å². The van der Waals surface area contributed by atoms with Crippen molar-refractivity contribution >= 4 is 27.8 Å². The van der Waals surface area contributed by atoms with Gasteiger partial charge in [0.2, 0.25) is 0 Å². The summed E-state index contributed by atoms with van der Waals surface area (Å²) in [6, 6.07) is 2.52. The Kier molecular flexibility index (Phi) is 3.34. The smallest absolute Gasteiger partial charge is 0.174 e. The fourth-order valence-corrected chi connectivity index (χ4v) is 2.92. The molecule has 1 fully saturated rings. The van der Waals surface area contributed by atoms with Crippen molar-refractivity contribution in [1.82, 2.24) is 0 Å². The first-order valence-corrected chi connectivity index (χ1v) is 6.61.